The van der Waals surface area contributed by atoms with Gasteiger partial charge in [0.2, 0.25) is 0 Å². The summed E-state index contributed by atoms with van der Waals surface area (Å²) in [6, 6.07) is 19.5. The zero-order valence-electron chi connectivity index (χ0n) is 17.0. The van der Waals surface area contributed by atoms with Gasteiger partial charge in [-0.25, -0.2) is 5.43 Å². The minimum atomic E-state index is -0.332. The Morgan fingerprint density at radius 2 is 1.77 bits per heavy atom. The summed E-state index contributed by atoms with van der Waals surface area (Å²) in [6.07, 6.45) is 2.42. The van der Waals surface area contributed by atoms with E-state index in [1.54, 1.807) is 48.5 Å². The Morgan fingerprint density at radius 3 is 2.52 bits per heavy atom. The van der Waals surface area contributed by atoms with E-state index < -0.39 is 0 Å². The van der Waals surface area contributed by atoms with E-state index in [4.69, 9.17) is 32.7 Å². The molecule has 0 radical (unpaired) electrons. The van der Waals surface area contributed by atoms with E-state index in [2.05, 4.69) is 10.5 Å². The maximum atomic E-state index is 12.3. The van der Waals surface area contributed by atoms with Crippen LogP contribution < -0.4 is 14.9 Å². The van der Waals surface area contributed by atoms with E-state index >= 15 is 0 Å². The van der Waals surface area contributed by atoms with Crippen LogP contribution in [0.15, 0.2) is 71.8 Å². The van der Waals surface area contributed by atoms with Crippen molar-refractivity contribution in [2.75, 3.05) is 6.61 Å². The fraction of sp³-hybridized carbons (Fsp3) is 0.167. The van der Waals surface area contributed by atoms with Crippen molar-refractivity contribution in [3.63, 3.8) is 0 Å². The first-order valence-electron chi connectivity index (χ1n) is 9.78. The third-order valence-electron chi connectivity index (χ3n) is 4.21. The van der Waals surface area contributed by atoms with Gasteiger partial charge in [0, 0.05) is 21.2 Å². The van der Waals surface area contributed by atoms with Crippen LogP contribution in [-0.4, -0.2) is 18.7 Å². The number of hydrogen-bond acceptors (Lipinski definition) is 4. The lowest BCUT2D eigenvalue weighted by atomic mass is 10.2. The molecule has 0 bridgehead atoms. The van der Waals surface area contributed by atoms with Gasteiger partial charge in [0.05, 0.1) is 12.8 Å². The third kappa shape index (κ3) is 7.02. The predicted molar refractivity (Wildman–Crippen MR) is 125 cm³/mol. The quantitative estimate of drug-likeness (QED) is 0.311. The van der Waals surface area contributed by atoms with Crippen molar-refractivity contribution < 1.29 is 14.3 Å². The average Bonchev–Trinajstić information content (AvgIpc) is 2.77. The molecule has 3 aromatic carbocycles. The van der Waals surface area contributed by atoms with E-state index in [0.717, 1.165) is 17.7 Å². The predicted octanol–water partition coefficient (Wildman–Crippen LogP) is 6.13. The lowest BCUT2D eigenvalue weighted by Crippen LogP contribution is -2.17. The topological polar surface area (TPSA) is 59.9 Å². The lowest BCUT2D eigenvalue weighted by Gasteiger charge is -2.10. The highest BCUT2D eigenvalue weighted by molar-refractivity contribution is 6.31. The number of amides is 1. The highest BCUT2D eigenvalue weighted by atomic mass is 35.5. The molecule has 0 fully saturated rings. The van der Waals surface area contributed by atoms with Gasteiger partial charge >= 0.3 is 0 Å². The molecule has 5 nitrogen and oxygen atoms in total. The van der Waals surface area contributed by atoms with E-state index in [-0.39, 0.29) is 5.91 Å². The molecule has 0 aliphatic rings. The van der Waals surface area contributed by atoms with Crippen LogP contribution >= 0.6 is 23.2 Å². The van der Waals surface area contributed by atoms with Gasteiger partial charge in [-0.05, 0) is 66.6 Å². The molecular formula is C24H22Cl2N2O3. The molecule has 0 spiro atoms. The number of benzene rings is 3. The number of nitrogens with zero attached hydrogens (tertiary/aromatic N) is 1. The van der Waals surface area contributed by atoms with Gasteiger partial charge in [0.25, 0.3) is 5.91 Å². The highest BCUT2D eigenvalue weighted by Crippen LogP contribution is 2.23. The number of hydrogen-bond donors (Lipinski definition) is 1. The minimum Gasteiger partial charge on any atom is -0.494 e. The molecule has 1 N–H and O–H groups in total. The molecule has 0 unspecified atom stereocenters. The molecule has 0 saturated heterocycles. The Hall–Kier alpha value is -3.02. The molecule has 31 heavy (non-hydrogen) atoms. The van der Waals surface area contributed by atoms with Gasteiger partial charge in [0.15, 0.2) is 0 Å². The van der Waals surface area contributed by atoms with Crippen LogP contribution in [0, 0.1) is 0 Å². The molecule has 0 aliphatic heterocycles. The van der Waals surface area contributed by atoms with Crippen molar-refractivity contribution in [3.05, 3.63) is 93.5 Å². The van der Waals surface area contributed by atoms with Crippen molar-refractivity contribution in [2.45, 2.75) is 20.0 Å². The Kier molecular flexibility index (Phi) is 8.33. The van der Waals surface area contributed by atoms with Crippen molar-refractivity contribution >= 4 is 35.3 Å². The van der Waals surface area contributed by atoms with Gasteiger partial charge in [0.1, 0.15) is 18.1 Å². The van der Waals surface area contributed by atoms with Crippen LogP contribution in [0.3, 0.4) is 0 Å². The number of rotatable bonds is 9. The first kappa shape index (κ1) is 22.7. The second-order valence-corrected chi connectivity index (χ2v) is 7.55. The number of carbonyl (C=O) groups is 1. The molecule has 0 heterocycles. The van der Waals surface area contributed by atoms with Crippen molar-refractivity contribution in [2.24, 2.45) is 5.10 Å². The van der Waals surface area contributed by atoms with Gasteiger partial charge in [-0.15, -0.1) is 0 Å². The molecule has 0 atom stereocenters. The SMILES string of the molecule is CCCOc1ccc(C(=O)N/N=C/c2cc(Cl)ccc2OCc2cccc(Cl)c2)cc1. The minimum absolute atomic E-state index is 0.332. The van der Waals surface area contributed by atoms with Crippen LogP contribution in [0.5, 0.6) is 11.5 Å². The summed E-state index contributed by atoms with van der Waals surface area (Å²) in [7, 11) is 0. The molecule has 3 aromatic rings. The summed E-state index contributed by atoms with van der Waals surface area (Å²) in [5.74, 6) is 0.976. The first-order chi connectivity index (χ1) is 15.0. The number of halogens is 2. The Bertz CT molecular complexity index is 1050. The zero-order valence-corrected chi connectivity index (χ0v) is 18.5. The van der Waals surface area contributed by atoms with Crippen LogP contribution in [0.25, 0.3) is 0 Å². The van der Waals surface area contributed by atoms with Crippen LogP contribution in [0.2, 0.25) is 10.0 Å². The standard InChI is InChI=1S/C24H22Cl2N2O3/c1-2-12-30-22-9-6-18(7-10-22)24(29)28-27-15-19-14-21(26)8-11-23(19)31-16-17-4-3-5-20(25)13-17/h3-11,13-15H,2,12,16H2,1H3,(H,28,29)/b27-15+. The maximum absolute atomic E-state index is 12.3. The summed E-state index contributed by atoms with van der Waals surface area (Å²) in [4.78, 5) is 12.3. The van der Waals surface area contributed by atoms with Gasteiger partial charge in [-0.2, -0.15) is 5.10 Å². The maximum Gasteiger partial charge on any atom is 0.271 e. The largest absolute Gasteiger partial charge is 0.494 e. The van der Waals surface area contributed by atoms with Gasteiger partial charge < -0.3 is 9.47 Å². The summed E-state index contributed by atoms with van der Waals surface area (Å²) in [6.45, 7) is 3.01. The van der Waals surface area contributed by atoms with E-state index in [1.807, 2.05) is 25.1 Å². The van der Waals surface area contributed by atoms with E-state index in [0.29, 0.717) is 40.1 Å². The van der Waals surface area contributed by atoms with Gasteiger partial charge in [-0.3, -0.25) is 4.79 Å². The molecule has 1 amide bonds. The Balaban J connectivity index is 1.63. The fourth-order valence-electron chi connectivity index (χ4n) is 2.69. The second kappa shape index (κ2) is 11.4. The molecule has 160 valence electrons. The summed E-state index contributed by atoms with van der Waals surface area (Å²) < 4.78 is 11.4. The highest BCUT2D eigenvalue weighted by Gasteiger charge is 2.07. The third-order valence-corrected chi connectivity index (χ3v) is 4.68. The molecule has 7 heteroatoms. The van der Waals surface area contributed by atoms with E-state index in [1.165, 1.54) is 6.21 Å². The number of nitrogens with one attached hydrogen (secondary N) is 1. The number of carbonyl (C=O) groups excluding carboxylic acids is 1. The Labute approximate surface area is 191 Å². The van der Waals surface area contributed by atoms with Crippen LogP contribution in [-0.2, 0) is 6.61 Å². The first-order valence-corrected chi connectivity index (χ1v) is 10.5. The summed E-state index contributed by atoms with van der Waals surface area (Å²) >= 11 is 12.1. The molecule has 0 aliphatic carbocycles. The molecule has 3 rings (SSSR count). The van der Waals surface area contributed by atoms with Crippen LogP contribution in [0.1, 0.15) is 34.8 Å². The van der Waals surface area contributed by atoms with E-state index in [9.17, 15) is 4.79 Å². The second-order valence-electron chi connectivity index (χ2n) is 6.67. The lowest BCUT2D eigenvalue weighted by molar-refractivity contribution is 0.0955. The molecular weight excluding hydrogens is 435 g/mol. The fourth-order valence-corrected chi connectivity index (χ4v) is 3.08. The normalized spacial score (nSPS) is 10.8. The number of ether oxygens (including phenoxy) is 2. The summed E-state index contributed by atoms with van der Waals surface area (Å²) in [5, 5.41) is 5.22. The molecule has 0 aromatic heterocycles. The Morgan fingerprint density at radius 1 is 1.00 bits per heavy atom. The molecule has 0 saturated carbocycles. The smallest absolute Gasteiger partial charge is 0.271 e. The summed E-state index contributed by atoms with van der Waals surface area (Å²) in [5.41, 5.74) is 4.56. The average molecular weight is 457 g/mol. The van der Waals surface area contributed by atoms with Crippen molar-refractivity contribution in [1.29, 1.82) is 0 Å². The number of hydrazone groups is 1. The van der Waals surface area contributed by atoms with Crippen molar-refractivity contribution in [1.82, 2.24) is 5.43 Å². The zero-order chi connectivity index (χ0) is 22.1. The monoisotopic (exact) mass is 456 g/mol. The van der Waals surface area contributed by atoms with Crippen LogP contribution in [0.4, 0.5) is 0 Å². The van der Waals surface area contributed by atoms with Crippen molar-refractivity contribution in [3.8, 4) is 11.5 Å². The van der Waals surface area contributed by atoms with Gasteiger partial charge in [-0.1, -0.05) is 42.3 Å².